The van der Waals surface area contributed by atoms with Gasteiger partial charge in [-0.3, -0.25) is 9.48 Å². The summed E-state index contributed by atoms with van der Waals surface area (Å²) in [6, 6.07) is 7.46. The molecule has 0 saturated heterocycles. The maximum absolute atomic E-state index is 13.0. The predicted molar refractivity (Wildman–Crippen MR) is 107 cm³/mol. The second-order valence-electron chi connectivity index (χ2n) is 6.87. The summed E-state index contributed by atoms with van der Waals surface area (Å²) in [6.07, 6.45) is 1.55. The Kier molecular flexibility index (Phi) is 5.09. The molecule has 3 rings (SSSR count). The number of benzene rings is 1. The second kappa shape index (κ2) is 7.34. The highest BCUT2D eigenvalue weighted by atomic mass is 16.5. The molecule has 0 atom stereocenters. The van der Waals surface area contributed by atoms with Crippen LogP contribution in [0.4, 0.5) is 5.69 Å². The average Bonchev–Trinajstić information content (AvgIpc) is 3.18. The second-order valence-corrected chi connectivity index (χ2v) is 6.87. The summed E-state index contributed by atoms with van der Waals surface area (Å²) in [5.74, 6) is -0.0402. The molecule has 0 unspecified atom stereocenters. The van der Waals surface area contributed by atoms with Crippen LogP contribution in [-0.4, -0.2) is 33.3 Å². The summed E-state index contributed by atoms with van der Waals surface area (Å²) in [4.78, 5) is 25.0. The van der Waals surface area contributed by atoms with E-state index < -0.39 is 5.97 Å². The number of amides is 1. The molecule has 0 aliphatic rings. The molecule has 0 spiro atoms. The zero-order valence-corrected chi connectivity index (χ0v) is 17.0. The van der Waals surface area contributed by atoms with Crippen molar-refractivity contribution in [1.82, 2.24) is 14.3 Å². The number of aromatic nitrogens is 3. The van der Waals surface area contributed by atoms with Crippen LogP contribution in [0.15, 0.2) is 30.5 Å². The van der Waals surface area contributed by atoms with Gasteiger partial charge in [0.15, 0.2) is 0 Å². The first kappa shape index (κ1) is 19.4. The van der Waals surface area contributed by atoms with Gasteiger partial charge < -0.3 is 14.6 Å². The number of nitrogens with zero attached hydrogens (tertiary/aromatic N) is 3. The maximum atomic E-state index is 13.0. The van der Waals surface area contributed by atoms with E-state index in [0.29, 0.717) is 22.6 Å². The number of nitrogens with one attached hydrogen (secondary N) is 1. The number of methoxy groups -OCH3 is 1. The van der Waals surface area contributed by atoms with Crippen molar-refractivity contribution in [2.45, 2.75) is 27.7 Å². The van der Waals surface area contributed by atoms with Crippen LogP contribution in [0, 0.1) is 27.7 Å². The normalized spacial score (nSPS) is 10.8. The molecule has 0 aliphatic heterocycles. The molecule has 0 radical (unpaired) electrons. The van der Waals surface area contributed by atoms with Crippen LogP contribution < -0.4 is 5.32 Å². The van der Waals surface area contributed by atoms with Gasteiger partial charge in [-0.25, -0.2) is 4.79 Å². The molecule has 2 aromatic heterocycles. The molecule has 2 heterocycles. The Bertz CT molecular complexity index is 1060. The molecule has 0 saturated carbocycles. The highest BCUT2D eigenvalue weighted by Crippen LogP contribution is 2.24. The summed E-state index contributed by atoms with van der Waals surface area (Å²) in [5.41, 5.74) is 5.14. The minimum Gasteiger partial charge on any atom is -0.465 e. The van der Waals surface area contributed by atoms with E-state index in [-0.39, 0.29) is 5.91 Å². The van der Waals surface area contributed by atoms with Gasteiger partial charge in [0.2, 0.25) is 0 Å². The number of anilines is 1. The molecule has 1 N–H and O–H groups in total. The van der Waals surface area contributed by atoms with Crippen molar-refractivity contribution < 1.29 is 14.3 Å². The highest BCUT2D eigenvalue weighted by molar-refractivity contribution is 6.07. The molecule has 0 bridgehead atoms. The molecule has 146 valence electrons. The Labute approximate surface area is 163 Å². The summed E-state index contributed by atoms with van der Waals surface area (Å²) in [5, 5.41) is 7.16. The van der Waals surface area contributed by atoms with E-state index in [4.69, 9.17) is 4.74 Å². The van der Waals surface area contributed by atoms with Gasteiger partial charge in [-0.2, -0.15) is 5.10 Å². The molecule has 0 aliphatic carbocycles. The lowest BCUT2D eigenvalue weighted by Gasteiger charge is -2.14. The molecule has 0 fully saturated rings. The monoisotopic (exact) mass is 380 g/mol. The van der Waals surface area contributed by atoms with Crippen LogP contribution >= 0.6 is 0 Å². The third-order valence-corrected chi connectivity index (χ3v) is 4.97. The van der Waals surface area contributed by atoms with Crippen molar-refractivity contribution in [3.63, 3.8) is 0 Å². The van der Waals surface area contributed by atoms with Crippen molar-refractivity contribution in [2.75, 3.05) is 12.4 Å². The molecule has 7 nitrogen and oxygen atoms in total. The van der Waals surface area contributed by atoms with Crippen LogP contribution in [0.5, 0.6) is 0 Å². The van der Waals surface area contributed by atoms with Crippen molar-refractivity contribution in [2.24, 2.45) is 7.05 Å². The lowest BCUT2D eigenvalue weighted by Crippen LogP contribution is -2.17. The SMILES string of the molecule is COC(=O)c1cc(NC(=O)c2cnn(C)c2-n2c(C)ccc2C)cc(C)c1C. The van der Waals surface area contributed by atoms with Crippen LogP contribution in [0.3, 0.4) is 0 Å². The van der Waals surface area contributed by atoms with Crippen molar-refractivity contribution in [1.29, 1.82) is 0 Å². The van der Waals surface area contributed by atoms with Crippen LogP contribution in [0.25, 0.3) is 5.82 Å². The average molecular weight is 380 g/mol. The number of hydrogen-bond acceptors (Lipinski definition) is 4. The lowest BCUT2D eigenvalue weighted by molar-refractivity contribution is 0.0599. The number of hydrogen-bond donors (Lipinski definition) is 1. The number of rotatable bonds is 4. The number of ether oxygens (including phenoxy) is 1. The number of aryl methyl sites for hydroxylation is 4. The van der Waals surface area contributed by atoms with Crippen molar-refractivity contribution in [3.05, 3.63) is 64.1 Å². The third-order valence-electron chi connectivity index (χ3n) is 4.97. The molecular formula is C21H24N4O3. The van der Waals surface area contributed by atoms with Gasteiger partial charge in [0.1, 0.15) is 11.4 Å². The summed E-state index contributed by atoms with van der Waals surface area (Å²) < 4.78 is 8.51. The molecular weight excluding hydrogens is 356 g/mol. The number of esters is 1. The van der Waals surface area contributed by atoms with E-state index in [2.05, 4.69) is 10.4 Å². The first-order valence-corrected chi connectivity index (χ1v) is 8.92. The third kappa shape index (κ3) is 3.31. The minimum atomic E-state index is -0.433. The standard InChI is InChI=1S/C21H24N4O3/c1-12-9-16(10-17(15(12)4)21(27)28-6)23-19(26)18-11-22-24(5)20(18)25-13(2)7-8-14(25)3/h7-11H,1-6H3,(H,23,26). The van der Waals surface area contributed by atoms with Crippen molar-refractivity contribution in [3.8, 4) is 5.82 Å². The molecule has 28 heavy (non-hydrogen) atoms. The van der Waals surface area contributed by atoms with Crippen LogP contribution in [0.1, 0.15) is 43.2 Å². The first-order valence-electron chi connectivity index (χ1n) is 8.92. The fourth-order valence-electron chi connectivity index (χ4n) is 3.31. The van der Waals surface area contributed by atoms with Crippen LogP contribution in [-0.2, 0) is 11.8 Å². The first-order chi connectivity index (χ1) is 13.2. The van der Waals surface area contributed by atoms with Gasteiger partial charge in [-0.05, 0) is 63.1 Å². The maximum Gasteiger partial charge on any atom is 0.338 e. The summed E-state index contributed by atoms with van der Waals surface area (Å²) in [7, 11) is 3.14. The highest BCUT2D eigenvalue weighted by Gasteiger charge is 2.21. The number of carbonyl (C=O) groups is 2. The summed E-state index contributed by atoms with van der Waals surface area (Å²) >= 11 is 0. The van der Waals surface area contributed by atoms with E-state index in [0.717, 1.165) is 22.5 Å². The van der Waals surface area contributed by atoms with E-state index in [1.54, 1.807) is 24.0 Å². The summed E-state index contributed by atoms with van der Waals surface area (Å²) in [6.45, 7) is 7.70. The molecule has 1 amide bonds. The Morgan fingerprint density at radius 3 is 2.29 bits per heavy atom. The predicted octanol–water partition coefficient (Wildman–Crippen LogP) is 3.48. The fourth-order valence-corrected chi connectivity index (χ4v) is 3.31. The number of carbonyl (C=O) groups excluding carboxylic acids is 2. The van der Waals surface area contributed by atoms with Gasteiger partial charge in [-0.1, -0.05) is 0 Å². The Hall–Kier alpha value is -3.35. The van der Waals surface area contributed by atoms with Gasteiger partial charge in [-0.15, -0.1) is 0 Å². The Morgan fingerprint density at radius 1 is 1.04 bits per heavy atom. The zero-order valence-electron chi connectivity index (χ0n) is 17.0. The smallest absolute Gasteiger partial charge is 0.338 e. The molecule has 1 aromatic carbocycles. The Balaban J connectivity index is 2.00. The molecule has 3 aromatic rings. The van der Waals surface area contributed by atoms with E-state index >= 15 is 0 Å². The topological polar surface area (TPSA) is 78.2 Å². The zero-order chi connectivity index (χ0) is 20.6. The fraction of sp³-hybridized carbons (Fsp3) is 0.286. The minimum absolute atomic E-state index is 0.297. The van der Waals surface area contributed by atoms with Gasteiger partial charge in [0.25, 0.3) is 5.91 Å². The van der Waals surface area contributed by atoms with E-state index in [9.17, 15) is 9.59 Å². The Morgan fingerprint density at radius 2 is 1.68 bits per heavy atom. The van der Waals surface area contributed by atoms with Crippen LogP contribution in [0.2, 0.25) is 0 Å². The van der Waals surface area contributed by atoms with Gasteiger partial charge >= 0.3 is 5.97 Å². The van der Waals surface area contributed by atoms with Gasteiger partial charge in [0, 0.05) is 24.1 Å². The quantitative estimate of drug-likeness (QED) is 0.703. The molecule has 7 heteroatoms. The lowest BCUT2D eigenvalue weighted by atomic mass is 10.0. The van der Waals surface area contributed by atoms with Gasteiger partial charge in [0.05, 0.1) is 18.9 Å². The van der Waals surface area contributed by atoms with Crippen molar-refractivity contribution >= 4 is 17.6 Å². The largest absolute Gasteiger partial charge is 0.465 e. The van der Waals surface area contributed by atoms with E-state index in [1.807, 2.05) is 50.5 Å². The van der Waals surface area contributed by atoms with E-state index in [1.165, 1.54) is 7.11 Å².